The number of pyridine rings is 1. The molecule has 0 unspecified atom stereocenters. The van der Waals surface area contributed by atoms with Gasteiger partial charge in [-0.1, -0.05) is 61.5 Å². The Morgan fingerprint density at radius 1 is 0.886 bits per heavy atom. The van der Waals surface area contributed by atoms with E-state index in [4.69, 9.17) is 4.74 Å². The number of benzene rings is 3. The average Bonchev–Trinajstić information content (AvgIpc) is 3.01. The molecule has 0 spiro atoms. The Hall–Kier alpha value is -4.43. The fraction of sp³-hybridized carbons (Fsp3) is 0.361. The number of anilines is 1. The summed E-state index contributed by atoms with van der Waals surface area (Å²) in [6.07, 6.45) is 1.84. The Morgan fingerprint density at radius 3 is 2.09 bits per heavy atom. The molecule has 4 aromatic rings. The van der Waals surface area contributed by atoms with Crippen LogP contribution in [0.1, 0.15) is 63.0 Å². The predicted molar refractivity (Wildman–Crippen MR) is 176 cm³/mol. The minimum Gasteiger partial charge on any atom is -0.444 e. The summed E-state index contributed by atoms with van der Waals surface area (Å²) in [7, 11) is 0. The van der Waals surface area contributed by atoms with E-state index in [1.54, 1.807) is 10.6 Å². The molecule has 230 valence electrons. The molecule has 1 aromatic heterocycles. The van der Waals surface area contributed by atoms with Crippen LogP contribution in [0.25, 0.3) is 16.5 Å². The second-order valence-corrected chi connectivity index (χ2v) is 12.3. The van der Waals surface area contributed by atoms with Crippen LogP contribution in [0.5, 0.6) is 0 Å². The van der Waals surface area contributed by atoms with Gasteiger partial charge in [-0.2, -0.15) is 0 Å². The first kappa shape index (κ1) is 31.0. The summed E-state index contributed by atoms with van der Waals surface area (Å²) in [5, 5.41) is 4.17. The number of hydrogen-bond donors (Lipinski definition) is 1. The van der Waals surface area contributed by atoms with Gasteiger partial charge in [-0.25, -0.2) is 4.79 Å². The van der Waals surface area contributed by atoms with Crippen molar-refractivity contribution in [3.05, 3.63) is 107 Å². The van der Waals surface area contributed by atoms with E-state index in [2.05, 4.69) is 17.1 Å². The zero-order chi connectivity index (χ0) is 31.3. The molecule has 1 fully saturated rings. The number of piperidine rings is 1. The number of fused-ring (bicyclic) bond motifs is 1. The number of para-hydroxylation sites is 2. The van der Waals surface area contributed by atoms with E-state index >= 15 is 0 Å². The molecule has 3 aromatic carbocycles. The molecule has 44 heavy (non-hydrogen) atoms. The first-order valence-electron chi connectivity index (χ1n) is 15.5. The number of amides is 2. The Labute approximate surface area is 259 Å². The zero-order valence-corrected chi connectivity index (χ0v) is 26.1. The highest BCUT2D eigenvalue weighted by molar-refractivity contribution is 6.15. The van der Waals surface area contributed by atoms with Gasteiger partial charge in [0.1, 0.15) is 5.60 Å². The van der Waals surface area contributed by atoms with Crippen LogP contribution in [0, 0.1) is 0 Å². The molecule has 1 N–H and O–H groups in total. The van der Waals surface area contributed by atoms with Crippen molar-refractivity contribution in [2.45, 2.75) is 65.1 Å². The van der Waals surface area contributed by atoms with Crippen LogP contribution < -0.4 is 15.8 Å². The Balaban J connectivity index is 1.57. The molecule has 2 heterocycles. The summed E-state index contributed by atoms with van der Waals surface area (Å²) in [5.74, 6) is -0.129. The minimum atomic E-state index is -0.559. The van der Waals surface area contributed by atoms with Crippen LogP contribution >= 0.6 is 0 Å². The van der Waals surface area contributed by atoms with E-state index in [0.29, 0.717) is 48.2 Å². The van der Waals surface area contributed by atoms with Crippen molar-refractivity contribution in [2.24, 2.45) is 0 Å². The van der Waals surface area contributed by atoms with Crippen molar-refractivity contribution >= 4 is 28.5 Å². The molecule has 0 bridgehead atoms. The molecule has 0 saturated carbocycles. The van der Waals surface area contributed by atoms with E-state index in [0.717, 1.165) is 30.6 Å². The molecule has 5 rings (SSSR count). The van der Waals surface area contributed by atoms with Gasteiger partial charge < -0.3 is 15.0 Å². The molecule has 0 atom stereocenters. The maximum Gasteiger partial charge on any atom is 0.407 e. The van der Waals surface area contributed by atoms with Crippen molar-refractivity contribution in [2.75, 3.05) is 24.5 Å². The van der Waals surface area contributed by atoms with Crippen LogP contribution in [0.15, 0.2) is 89.7 Å². The third kappa shape index (κ3) is 7.03. The van der Waals surface area contributed by atoms with Gasteiger partial charge in [0, 0.05) is 54.4 Å². The van der Waals surface area contributed by atoms with Crippen molar-refractivity contribution < 1.29 is 14.3 Å². The third-order valence-electron chi connectivity index (χ3n) is 7.86. The Morgan fingerprint density at radius 2 is 1.48 bits per heavy atom. The number of carbonyl (C=O) groups is 2. The lowest BCUT2D eigenvalue weighted by Gasteiger charge is -2.34. The van der Waals surface area contributed by atoms with Gasteiger partial charge in [-0.3, -0.25) is 19.1 Å². The van der Waals surface area contributed by atoms with Gasteiger partial charge in [-0.05, 0) is 70.4 Å². The van der Waals surface area contributed by atoms with Crippen molar-refractivity contribution in [3.8, 4) is 5.69 Å². The molecule has 1 aliphatic rings. The second kappa shape index (κ2) is 13.5. The number of hydrogen-bond acceptors (Lipinski definition) is 5. The maximum atomic E-state index is 14.7. The number of likely N-dealkylation sites (tertiary alicyclic amines) is 1. The highest BCUT2D eigenvalue weighted by Crippen LogP contribution is 2.28. The molecule has 1 saturated heterocycles. The number of nitrogens with one attached hydrogen (secondary N) is 1. The molecule has 2 amide bonds. The molecule has 0 aliphatic carbocycles. The number of ether oxygens (including phenoxy) is 1. The number of rotatable bonds is 8. The van der Waals surface area contributed by atoms with E-state index < -0.39 is 11.7 Å². The summed E-state index contributed by atoms with van der Waals surface area (Å²) < 4.78 is 7.18. The van der Waals surface area contributed by atoms with E-state index in [1.807, 2.05) is 105 Å². The molecular weight excluding hydrogens is 552 g/mol. The van der Waals surface area contributed by atoms with Gasteiger partial charge in [0.25, 0.3) is 11.5 Å². The van der Waals surface area contributed by atoms with Crippen LogP contribution in [-0.2, 0) is 11.3 Å². The lowest BCUT2D eigenvalue weighted by Crippen LogP contribution is -2.46. The number of alkyl carbamates (subject to hydrolysis) is 1. The molecule has 8 heteroatoms. The zero-order valence-electron chi connectivity index (χ0n) is 26.1. The predicted octanol–water partition coefficient (Wildman–Crippen LogP) is 6.54. The summed E-state index contributed by atoms with van der Waals surface area (Å²) in [5.41, 5.74) is 2.03. The van der Waals surface area contributed by atoms with Gasteiger partial charge in [0.05, 0.1) is 11.3 Å². The fourth-order valence-electron chi connectivity index (χ4n) is 5.87. The van der Waals surface area contributed by atoms with Crippen LogP contribution in [-0.4, -0.2) is 52.7 Å². The van der Waals surface area contributed by atoms with Gasteiger partial charge >= 0.3 is 6.09 Å². The quantitative estimate of drug-likeness (QED) is 0.251. The van der Waals surface area contributed by atoms with E-state index in [1.165, 1.54) is 0 Å². The molecule has 8 nitrogen and oxygen atoms in total. The number of aromatic nitrogens is 1. The van der Waals surface area contributed by atoms with E-state index in [-0.39, 0.29) is 17.5 Å². The number of nitrogens with zero attached hydrogens (tertiary/aromatic N) is 3. The summed E-state index contributed by atoms with van der Waals surface area (Å²) in [4.78, 5) is 45.4. The number of carbonyl (C=O) groups excluding carboxylic acids is 2. The average molecular weight is 595 g/mol. The maximum absolute atomic E-state index is 14.7. The second-order valence-electron chi connectivity index (χ2n) is 12.3. The molecule has 0 radical (unpaired) electrons. The van der Waals surface area contributed by atoms with Crippen molar-refractivity contribution in [1.29, 1.82) is 0 Å². The third-order valence-corrected chi connectivity index (χ3v) is 7.86. The lowest BCUT2D eigenvalue weighted by molar-refractivity contribution is 0.0476. The van der Waals surface area contributed by atoms with Gasteiger partial charge in [0.2, 0.25) is 0 Å². The largest absolute Gasteiger partial charge is 0.444 e. The van der Waals surface area contributed by atoms with Gasteiger partial charge in [0.15, 0.2) is 0 Å². The monoisotopic (exact) mass is 594 g/mol. The highest BCUT2D eigenvalue weighted by Gasteiger charge is 2.30. The highest BCUT2D eigenvalue weighted by atomic mass is 16.6. The first-order chi connectivity index (χ1) is 21.2. The normalized spacial score (nSPS) is 14.4. The SMILES string of the molecule is CCCN(C(=O)c1c(CN2CCC(NC(=O)OC(C)(C)C)CC2)n(-c2ccccc2)c(=O)c2ccccc12)c1ccccc1. The molecular formula is C36H42N4O4. The summed E-state index contributed by atoms with van der Waals surface area (Å²) in [6.45, 7) is 9.95. The molecule has 1 aliphatic heterocycles. The Bertz CT molecular complexity index is 1650. The first-order valence-corrected chi connectivity index (χ1v) is 15.5. The van der Waals surface area contributed by atoms with Crippen LogP contribution in [0.3, 0.4) is 0 Å². The summed E-state index contributed by atoms with van der Waals surface area (Å²) >= 11 is 0. The standard InChI is InChI=1S/C36H42N4O4/c1-5-22-39(27-14-8-6-9-15-27)34(42)32-29-18-12-13-19-30(29)33(41)40(28-16-10-7-11-17-28)31(32)25-38-23-20-26(21-24-38)37-35(43)44-36(2,3)4/h6-19,26H,5,20-25H2,1-4H3,(H,37,43). The lowest BCUT2D eigenvalue weighted by atomic mass is 9.99. The smallest absolute Gasteiger partial charge is 0.407 e. The summed E-state index contributed by atoms with van der Waals surface area (Å²) in [6, 6.07) is 26.7. The van der Waals surface area contributed by atoms with E-state index in [9.17, 15) is 14.4 Å². The fourth-order valence-corrected chi connectivity index (χ4v) is 5.87. The van der Waals surface area contributed by atoms with Gasteiger partial charge in [-0.15, -0.1) is 0 Å². The Kier molecular flexibility index (Phi) is 9.49. The van der Waals surface area contributed by atoms with Crippen LogP contribution in [0.4, 0.5) is 10.5 Å². The van der Waals surface area contributed by atoms with Crippen LogP contribution in [0.2, 0.25) is 0 Å². The topological polar surface area (TPSA) is 83.9 Å². The van der Waals surface area contributed by atoms with Crippen molar-refractivity contribution in [1.82, 2.24) is 14.8 Å². The minimum absolute atomic E-state index is 0.00625. The van der Waals surface area contributed by atoms with Crippen molar-refractivity contribution in [3.63, 3.8) is 0 Å².